The number of carbonyl (C=O) groups is 1. The van der Waals surface area contributed by atoms with E-state index in [4.69, 9.17) is 4.74 Å². The molecule has 0 saturated carbocycles. The average molecular weight is 314 g/mol. The molecule has 4 heteroatoms. The summed E-state index contributed by atoms with van der Waals surface area (Å²) in [6, 6.07) is 2.32. The van der Waals surface area contributed by atoms with E-state index in [1.54, 1.807) is 0 Å². The molecule has 23 heavy (non-hydrogen) atoms. The Bertz CT molecular complexity index is 588. The van der Waals surface area contributed by atoms with E-state index in [1.165, 1.54) is 47.9 Å². The molecule has 0 unspecified atom stereocenters. The number of nitrogens with one attached hydrogen (secondary N) is 1. The third-order valence-corrected chi connectivity index (χ3v) is 5.69. The molecule has 0 aromatic heterocycles. The Hall–Kier alpha value is -1.39. The number of carbonyl (C=O) groups excluding carboxylic acids is 1. The third kappa shape index (κ3) is 2.79. The van der Waals surface area contributed by atoms with Crippen LogP contribution in [0, 0.1) is 0 Å². The minimum atomic E-state index is -0.0896. The van der Waals surface area contributed by atoms with Crippen LogP contribution in [0.3, 0.4) is 0 Å². The van der Waals surface area contributed by atoms with Gasteiger partial charge in [0.05, 0.1) is 19.3 Å². The number of hydrogen-bond donors (Lipinski definition) is 1. The van der Waals surface area contributed by atoms with E-state index < -0.39 is 0 Å². The van der Waals surface area contributed by atoms with Crippen molar-refractivity contribution in [2.24, 2.45) is 0 Å². The maximum Gasteiger partial charge on any atom is 0.241 e. The third-order valence-electron chi connectivity index (χ3n) is 5.69. The predicted octanol–water partition coefficient (Wildman–Crippen LogP) is 2.32. The molecule has 1 N–H and O–H groups in total. The van der Waals surface area contributed by atoms with Crippen molar-refractivity contribution in [1.29, 1.82) is 0 Å². The molecule has 0 bridgehead atoms. The van der Waals surface area contributed by atoms with E-state index in [2.05, 4.69) is 16.3 Å². The second kappa shape index (κ2) is 6.25. The standard InChI is InChI=1S/C19H26N2O2/c1-13(21-8-10-23-11-9-21)19(22)20-18-16-6-2-4-14(16)12-15-5-3-7-17(15)18/h12-13H,2-11H2,1H3,(H,20,22)/t13-/m1/s1. The van der Waals surface area contributed by atoms with Crippen LogP contribution < -0.4 is 5.32 Å². The SMILES string of the molecule is C[C@H](C(=O)Nc1c2c(cc3c1CCC3)CCC2)N1CCOCC1. The van der Waals surface area contributed by atoms with Crippen molar-refractivity contribution in [3.8, 4) is 0 Å². The maximum atomic E-state index is 12.8. The zero-order valence-electron chi connectivity index (χ0n) is 14.0. The van der Waals surface area contributed by atoms with Crippen molar-refractivity contribution in [3.63, 3.8) is 0 Å². The van der Waals surface area contributed by atoms with Gasteiger partial charge < -0.3 is 10.1 Å². The lowest BCUT2D eigenvalue weighted by Gasteiger charge is -2.31. The molecule has 1 saturated heterocycles. The highest BCUT2D eigenvalue weighted by Gasteiger charge is 2.28. The Morgan fingerprint density at radius 1 is 1.09 bits per heavy atom. The van der Waals surface area contributed by atoms with Crippen LogP contribution in [0.15, 0.2) is 6.07 Å². The number of benzene rings is 1. The van der Waals surface area contributed by atoms with E-state index >= 15 is 0 Å². The summed E-state index contributed by atoms with van der Waals surface area (Å²) in [6.45, 7) is 5.17. The summed E-state index contributed by atoms with van der Waals surface area (Å²) in [5.74, 6) is 0.140. The summed E-state index contributed by atoms with van der Waals surface area (Å²) in [6.07, 6.45) is 7.02. The number of hydrogen-bond acceptors (Lipinski definition) is 3. The van der Waals surface area contributed by atoms with Crippen LogP contribution >= 0.6 is 0 Å². The lowest BCUT2D eigenvalue weighted by Crippen LogP contribution is -2.47. The smallest absolute Gasteiger partial charge is 0.241 e. The Morgan fingerprint density at radius 3 is 2.30 bits per heavy atom. The van der Waals surface area contributed by atoms with Crippen LogP contribution in [0.1, 0.15) is 42.0 Å². The van der Waals surface area contributed by atoms with Gasteiger partial charge in [0.25, 0.3) is 0 Å². The van der Waals surface area contributed by atoms with E-state index in [0.717, 1.165) is 44.8 Å². The second-order valence-electron chi connectivity index (χ2n) is 7.05. The maximum absolute atomic E-state index is 12.8. The van der Waals surface area contributed by atoms with E-state index in [0.29, 0.717) is 0 Å². The van der Waals surface area contributed by atoms with Crippen LogP contribution in [-0.4, -0.2) is 43.2 Å². The highest BCUT2D eigenvalue weighted by Crippen LogP contribution is 2.38. The zero-order chi connectivity index (χ0) is 15.8. The first-order chi connectivity index (χ1) is 11.2. The molecule has 124 valence electrons. The molecule has 1 atom stereocenters. The minimum absolute atomic E-state index is 0.0896. The van der Waals surface area contributed by atoms with Crippen molar-refractivity contribution in [1.82, 2.24) is 4.90 Å². The van der Waals surface area contributed by atoms with Gasteiger partial charge in [-0.2, -0.15) is 0 Å². The Morgan fingerprint density at radius 2 is 1.70 bits per heavy atom. The van der Waals surface area contributed by atoms with E-state index in [1.807, 2.05) is 6.92 Å². The van der Waals surface area contributed by atoms with Gasteiger partial charge in [0.15, 0.2) is 0 Å². The minimum Gasteiger partial charge on any atom is -0.379 e. The van der Waals surface area contributed by atoms with E-state index in [9.17, 15) is 4.79 Å². The summed E-state index contributed by atoms with van der Waals surface area (Å²) in [5, 5.41) is 3.32. The van der Waals surface area contributed by atoms with Gasteiger partial charge in [0.1, 0.15) is 0 Å². The number of ether oxygens (including phenoxy) is 1. The number of anilines is 1. The molecule has 3 aliphatic rings. The zero-order valence-corrected chi connectivity index (χ0v) is 14.0. The van der Waals surface area contributed by atoms with Gasteiger partial charge in [0.2, 0.25) is 5.91 Å². The van der Waals surface area contributed by atoms with Crippen LogP contribution in [-0.2, 0) is 35.2 Å². The van der Waals surface area contributed by atoms with Gasteiger partial charge in [-0.1, -0.05) is 6.07 Å². The molecule has 0 spiro atoms. The van der Waals surface area contributed by atoms with Gasteiger partial charge in [-0.3, -0.25) is 9.69 Å². The molecule has 1 heterocycles. The van der Waals surface area contributed by atoms with Gasteiger partial charge in [-0.15, -0.1) is 0 Å². The van der Waals surface area contributed by atoms with Gasteiger partial charge in [-0.05, 0) is 67.7 Å². The number of morpholine rings is 1. The van der Waals surface area contributed by atoms with Crippen LogP contribution in [0.2, 0.25) is 0 Å². The summed E-state index contributed by atoms with van der Waals surface area (Å²) in [7, 11) is 0. The molecule has 1 aromatic carbocycles. The van der Waals surface area contributed by atoms with Gasteiger partial charge >= 0.3 is 0 Å². The largest absolute Gasteiger partial charge is 0.379 e. The fraction of sp³-hybridized carbons (Fsp3) is 0.632. The summed E-state index contributed by atoms with van der Waals surface area (Å²) in [4.78, 5) is 15.0. The Kier molecular flexibility index (Phi) is 4.12. The van der Waals surface area contributed by atoms with Crippen molar-refractivity contribution < 1.29 is 9.53 Å². The fourth-order valence-corrected chi connectivity index (χ4v) is 4.33. The number of nitrogens with zero attached hydrogens (tertiary/aromatic N) is 1. The monoisotopic (exact) mass is 314 g/mol. The Labute approximate surface area is 138 Å². The molecule has 1 aromatic rings. The highest BCUT2D eigenvalue weighted by molar-refractivity contribution is 5.96. The lowest BCUT2D eigenvalue weighted by molar-refractivity contribution is -0.122. The van der Waals surface area contributed by atoms with Crippen molar-refractivity contribution in [2.75, 3.05) is 31.6 Å². The molecule has 1 amide bonds. The van der Waals surface area contributed by atoms with Crippen LogP contribution in [0.25, 0.3) is 0 Å². The molecule has 4 rings (SSSR count). The molecule has 2 aliphatic carbocycles. The quantitative estimate of drug-likeness (QED) is 0.931. The molecule has 0 radical (unpaired) electrons. The van der Waals surface area contributed by atoms with Gasteiger partial charge in [-0.25, -0.2) is 0 Å². The number of fused-ring (bicyclic) bond motifs is 2. The first kappa shape index (κ1) is 15.2. The summed E-state index contributed by atoms with van der Waals surface area (Å²) < 4.78 is 5.40. The molecular formula is C19H26N2O2. The average Bonchev–Trinajstić information content (AvgIpc) is 3.23. The van der Waals surface area contributed by atoms with E-state index in [-0.39, 0.29) is 11.9 Å². The number of aryl methyl sites for hydroxylation is 2. The first-order valence-electron chi connectivity index (χ1n) is 9.03. The van der Waals surface area contributed by atoms with Crippen LogP contribution in [0.5, 0.6) is 0 Å². The van der Waals surface area contributed by atoms with Crippen molar-refractivity contribution in [2.45, 2.75) is 51.5 Å². The topological polar surface area (TPSA) is 41.6 Å². The van der Waals surface area contributed by atoms with Crippen molar-refractivity contribution in [3.05, 3.63) is 28.3 Å². The fourth-order valence-electron chi connectivity index (χ4n) is 4.33. The second-order valence-corrected chi connectivity index (χ2v) is 7.05. The van der Waals surface area contributed by atoms with Crippen LogP contribution in [0.4, 0.5) is 5.69 Å². The number of amides is 1. The lowest BCUT2D eigenvalue weighted by atomic mass is 9.98. The molecule has 1 fully saturated rings. The Balaban J connectivity index is 1.58. The van der Waals surface area contributed by atoms with Crippen molar-refractivity contribution >= 4 is 11.6 Å². The normalized spacial score (nSPS) is 21.8. The predicted molar refractivity (Wildman–Crippen MR) is 91.0 cm³/mol. The molecule has 1 aliphatic heterocycles. The summed E-state index contributed by atoms with van der Waals surface area (Å²) >= 11 is 0. The summed E-state index contributed by atoms with van der Waals surface area (Å²) in [5.41, 5.74) is 6.93. The highest BCUT2D eigenvalue weighted by atomic mass is 16.5. The molecule has 4 nitrogen and oxygen atoms in total. The first-order valence-corrected chi connectivity index (χ1v) is 9.03. The number of rotatable bonds is 3. The van der Waals surface area contributed by atoms with Gasteiger partial charge in [0, 0.05) is 18.8 Å². The molecular weight excluding hydrogens is 288 g/mol.